The molecule has 0 radical (unpaired) electrons. The van der Waals surface area contributed by atoms with Crippen LogP contribution in [-0.4, -0.2) is 26.0 Å². The maximum absolute atomic E-state index is 5.60. The third kappa shape index (κ3) is 3.07. The smallest absolute Gasteiger partial charge is 0.132 e. The molecule has 3 nitrogen and oxygen atoms in total. The molecule has 94 valence electrons. The predicted octanol–water partition coefficient (Wildman–Crippen LogP) is 2.46. The van der Waals surface area contributed by atoms with E-state index >= 15 is 0 Å². The van der Waals surface area contributed by atoms with Crippen LogP contribution in [0.4, 0.5) is 0 Å². The summed E-state index contributed by atoms with van der Waals surface area (Å²) in [6, 6.07) is 4.13. The number of nitrogens with two attached hydrogens (primary N) is 1. The van der Waals surface area contributed by atoms with Gasteiger partial charge in [-0.15, -0.1) is 11.8 Å². The minimum absolute atomic E-state index is 0.620. The van der Waals surface area contributed by atoms with Crippen molar-refractivity contribution in [1.82, 2.24) is 0 Å². The third-order valence-electron chi connectivity index (χ3n) is 2.80. The zero-order valence-corrected chi connectivity index (χ0v) is 11.2. The highest BCUT2D eigenvalue weighted by Crippen LogP contribution is 2.44. The molecule has 0 bridgehead atoms. The molecule has 0 atom stereocenters. The minimum Gasteiger partial charge on any atom is -0.496 e. The zero-order valence-electron chi connectivity index (χ0n) is 10.4. The second-order valence-electron chi connectivity index (χ2n) is 4.17. The van der Waals surface area contributed by atoms with Crippen LogP contribution < -0.4 is 15.2 Å². The van der Waals surface area contributed by atoms with Crippen molar-refractivity contribution in [1.29, 1.82) is 0 Å². The first-order chi connectivity index (χ1) is 8.28. The van der Waals surface area contributed by atoms with Gasteiger partial charge in [-0.05, 0) is 43.5 Å². The van der Waals surface area contributed by atoms with E-state index in [1.807, 2.05) is 11.8 Å². The quantitative estimate of drug-likeness (QED) is 0.846. The lowest BCUT2D eigenvalue weighted by Gasteiger charge is -2.14. The van der Waals surface area contributed by atoms with E-state index in [0.717, 1.165) is 28.7 Å². The largest absolute Gasteiger partial charge is 0.496 e. The molecule has 0 amide bonds. The lowest BCUT2D eigenvalue weighted by atomic mass is 10.1. The monoisotopic (exact) mass is 253 g/mol. The molecule has 0 saturated heterocycles. The maximum Gasteiger partial charge on any atom is 0.132 e. The molecule has 1 saturated carbocycles. The van der Waals surface area contributed by atoms with Gasteiger partial charge in [0, 0.05) is 5.25 Å². The van der Waals surface area contributed by atoms with Gasteiger partial charge in [0.05, 0.1) is 19.1 Å². The highest BCUT2D eigenvalue weighted by Gasteiger charge is 2.24. The summed E-state index contributed by atoms with van der Waals surface area (Å²) in [7, 11) is 3.42. The van der Waals surface area contributed by atoms with Crippen molar-refractivity contribution >= 4 is 11.8 Å². The lowest BCUT2D eigenvalue weighted by Crippen LogP contribution is -2.05. The van der Waals surface area contributed by atoms with E-state index in [2.05, 4.69) is 12.1 Å². The first kappa shape index (κ1) is 12.6. The zero-order chi connectivity index (χ0) is 12.3. The van der Waals surface area contributed by atoms with Crippen LogP contribution in [0, 0.1) is 0 Å². The summed E-state index contributed by atoms with van der Waals surface area (Å²) in [5.74, 6) is 1.85. The van der Waals surface area contributed by atoms with Crippen LogP contribution in [0.5, 0.6) is 11.5 Å². The molecule has 1 aromatic carbocycles. The number of methoxy groups -OCH3 is 2. The molecule has 17 heavy (non-hydrogen) atoms. The fourth-order valence-electron chi connectivity index (χ4n) is 1.74. The number of rotatable bonds is 6. The fraction of sp³-hybridized carbons (Fsp3) is 0.538. The summed E-state index contributed by atoms with van der Waals surface area (Å²) in [5.41, 5.74) is 6.72. The van der Waals surface area contributed by atoms with Crippen LogP contribution in [-0.2, 0) is 6.42 Å². The van der Waals surface area contributed by atoms with Crippen LogP contribution in [0.2, 0.25) is 0 Å². The van der Waals surface area contributed by atoms with Gasteiger partial charge in [0.25, 0.3) is 0 Å². The molecule has 1 aliphatic carbocycles. The SMILES string of the molecule is COc1cc(SC2CC2)c(OC)cc1CCN. The van der Waals surface area contributed by atoms with E-state index in [9.17, 15) is 0 Å². The number of hydrogen-bond acceptors (Lipinski definition) is 4. The Hall–Kier alpha value is -0.870. The topological polar surface area (TPSA) is 44.5 Å². The standard InChI is InChI=1S/C13H19NO2S/c1-15-11-8-13(17-10-3-4-10)12(16-2)7-9(11)5-6-14/h7-8,10H,3-6,14H2,1-2H3. The van der Waals surface area contributed by atoms with E-state index in [0.29, 0.717) is 6.54 Å². The van der Waals surface area contributed by atoms with Gasteiger partial charge in [-0.2, -0.15) is 0 Å². The van der Waals surface area contributed by atoms with E-state index in [1.54, 1.807) is 14.2 Å². The first-order valence-corrected chi connectivity index (χ1v) is 6.78. The van der Waals surface area contributed by atoms with Gasteiger partial charge in [-0.3, -0.25) is 0 Å². The normalized spacial score (nSPS) is 14.8. The summed E-state index contributed by atoms with van der Waals surface area (Å²) in [4.78, 5) is 1.17. The van der Waals surface area contributed by atoms with Crippen LogP contribution in [0.3, 0.4) is 0 Å². The number of thioether (sulfide) groups is 1. The average molecular weight is 253 g/mol. The van der Waals surface area contributed by atoms with Crippen molar-refractivity contribution in [2.45, 2.75) is 29.4 Å². The summed E-state index contributed by atoms with van der Waals surface area (Å²) in [5, 5.41) is 0.758. The predicted molar refractivity (Wildman–Crippen MR) is 71.2 cm³/mol. The van der Waals surface area contributed by atoms with E-state index in [4.69, 9.17) is 15.2 Å². The lowest BCUT2D eigenvalue weighted by molar-refractivity contribution is 0.390. The molecule has 2 N–H and O–H groups in total. The first-order valence-electron chi connectivity index (χ1n) is 5.90. The molecule has 1 aliphatic rings. The van der Waals surface area contributed by atoms with Crippen molar-refractivity contribution in [3.63, 3.8) is 0 Å². The minimum atomic E-state index is 0.620. The Morgan fingerprint density at radius 3 is 2.47 bits per heavy atom. The van der Waals surface area contributed by atoms with Crippen molar-refractivity contribution < 1.29 is 9.47 Å². The molecule has 0 spiro atoms. The summed E-state index contributed by atoms with van der Waals surface area (Å²) >= 11 is 1.88. The molecule has 4 heteroatoms. The molecule has 1 aromatic rings. The van der Waals surface area contributed by atoms with Crippen LogP contribution >= 0.6 is 11.8 Å². The van der Waals surface area contributed by atoms with Gasteiger partial charge in [0.15, 0.2) is 0 Å². The molecular weight excluding hydrogens is 234 g/mol. The highest BCUT2D eigenvalue weighted by molar-refractivity contribution is 8.00. The summed E-state index contributed by atoms with van der Waals surface area (Å²) in [6.07, 6.45) is 3.43. The summed E-state index contributed by atoms with van der Waals surface area (Å²) < 4.78 is 10.9. The highest BCUT2D eigenvalue weighted by atomic mass is 32.2. The van der Waals surface area contributed by atoms with Gasteiger partial charge < -0.3 is 15.2 Å². The van der Waals surface area contributed by atoms with Crippen LogP contribution in [0.25, 0.3) is 0 Å². The number of hydrogen-bond donors (Lipinski definition) is 1. The fourth-order valence-corrected chi connectivity index (χ4v) is 2.91. The Morgan fingerprint density at radius 1 is 1.24 bits per heavy atom. The van der Waals surface area contributed by atoms with E-state index in [1.165, 1.54) is 17.7 Å². The van der Waals surface area contributed by atoms with Crippen LogP contribution in [0.1, 0.15) is 18.4 Å². The van der Waals surface area contributed by atoms with Gasteiger partial charge in [0.2, 0.25) is 0 Å². The second-order valence-corrected chi connectivity index (χ2v) is 5.51. The van der Waals surface area contributed by atoms with Gasteiger partial charge >= 0.3 is 0 Å². The van der Waals surface area contributed by atoms with Crippen molar-refractivity contribution in [2.24, 2.45) is 5.73 Å². The molecule has 0 heterocycles. The Balaban J connectivity index is 2.29. The third-order valence-corrected chi connectivity index (χ3v) is 4.18. The van der Waals surface area contributed by atoms with Crippen molar-refractivity contribution in [2.75, 3.05) is 20.8 Å². The second kappa shape index (κ2) is 5.65. The van der Waals surface area contributed by atoms with E-state index in [-0.39, 0.29) is 0 Å². The maximum atomic E-state index is 5.60. The van der Waals surface area contributed by atoms with E-state index < -0.39 is 0 Å². The molecule has 0 unspecified atom stereocenters. The van der Waals surface area contributed by atoms with Crippen molar-refractivity contribution in [3.8, 4) is 11.5 Å². The molecule has 1 fully saturated rings. The number of ether oxygens (including phenoxy) is 2. The summed E-state index contributed by atoms with van der Waals surface area (Å²) in [6.45, 7) is 0.620. The van der Waals surface area contributed by atoms with Gasteiger partial charge in [0.1, 0.15) is 11.5 Å². The Bertz CT molecular complexity index is 391. The van der Waals surface area contributed by atoms with Gasteiger partial charge in [-0.1, -0.05) is 0 Å². The number of benzene rings is 1. The molecule has 0 aliphatic heterocycles. The molecular formula is C13H19NO2S. The van der Waals surface area contributed by atoms with Crippen LogP contribution in [0.15, 0.2) is 17.0 Å². The Kier molecular flexibility index (Phi) is 4.18. The average Bonchev–Trinajstić information content (AvgIpc) is 3.14. The molecule has 0 aromatic heterocycles. The van der Waals surface area contributed by atoms with Gasteiger partial charge in [-0.25, -0.2) is 0 Å². The van der Waals surface area contributed by atoms with Crippen molar-refractivity contribution in [3.05, 3.63) is 17.7 Å². The molecule has 2 rings (SSSR count). The Labute approximate surface area is 107 Å². The Morgan fingerprint density at radius 2 is 1.94 bits per heavy atom.